The molecule has 1 aromatic heterocycles. The third kappa shape index (κ3) is 3.88. The molecule has 0 radical (unpaired) electrons. The van der Waals surface area contributed by atoms with E-state index in [-0.39, 0.29) is 17.2 Å². The molecule has 0 bridgehead atoms. The van der Waals surface area contributed by atoms with Gasteiger partial charge in [0, 0.05) is 12.6 Å². The number of carbonyl (C=O) groups excluding carboxylic acids is 1. The number of nitrogens with zero attached hydrogens (tertiary/aromatic N) is 4. The highest BCUT2D eigenvalue weighted by Gasteiger charge is 2.15. The van der Waals surface area contributed by atoms with Crippen LogP contribution in [0.5, 0.6) is 0 Å². The number of aromatic carboxylic acids is 1. The maximum Gasteiger partial charge on any atom is 0.338 e. The monoisotopic (exact) mass is 378 g/mol. The number of nitrogens with two attached hydrogens (primary N) is 1. The number of carbonyl (C=O) groups is 2. The highest BCUT2D eigenvalue weighted by atomic mass is 16.4. The highest BCUT2D eigenvalue weighted by Crippen LogP contribution is 2.32. The van der Waals surface area contributed by atoms with E-state index in [1.165, 1.54) is 19.1 Å². The zero-order chi connectivity index (χ0) is 20.3. The van der Waals surface area contributed by atoms with Crippen molar-refractivity contribution >= 4 is 34.8 Å². The van der Waals surface area contributed by atoms with Crippen molar-refractivity contribution in [1.82, 2.24) is 9.78 Å². The average molecular weight is 378 g/mol. The SMILES string of the molecule is CC(=O)Nc1ccc(N=Nc2c(C)nn(-c3ccccc3)c2N)c(C(=O)O)c1. The molecule has 0 aliphatic rings. The Morgan fingerprint density at radius 3 is 2.50 bits per heavy atom. The van der Waals surface area contributed by atoms with Crippen LogP contribution < -0.4 is 11.1 Å². The number of rotatable bonds is 5. The van der Waals surface area contributed by atoms with Crippen molar-refractivity contribution in [2.45, 2.75) is 13.8 Å². The molecule has 0 fully saturated rings. The zero-order valence-electron chi connectivity index (χ0n) is 15.2. The number of carboxylic acids is 1. The van der Waals surface area contributed by atoms with Gasteiger partial charge in [-0.25, -0.2) is 9.48 Å². The number of anilines is 2. The van der Waals surface area contributed by atoms with E-state index in [9.17, 15) is 14.7 Å². The molecule has 142 valence electrons. The molecule has 9 heteroatoms. The maximum absolute atomic E-state index is 11.5. The Morgan fingerprint density at radius 1 is 1.14 bits per heavy atom. The second-order valence-electron chi connectivity index (χ2n) is 5.98. The van der Waals surface area contributed by atoms with E-state index in [2.05, 4.69) is 20.6 Å². The lowest BCUT2D eigenvalue weighted by Gasteiger charge is -2.05. The van der Waals surface area contributed by atoms with E-state index in [0.29, 0.717) is 22.9 Å². The van der Waals surface area contributed by atoms with E-state index >= 15 is 0 Å². The van der Waals surface area contributed by atoms with Gasteiger partial charge in [0.05, 0.1) is 16.9 Å². The third-order valence-corrected chi connectivity index (χ3v) is 3.87. The van der Waals surface area contributed by atoms with Crippen molar-refractivity contribution in [1.29, 1.82) is 0 Å². The Labute approximate surface area is 160 Å². The standard InChI is InChI=1S/C19H18N6O3/c1-11-17(18(20)25(24-11)14-6-4-3-5-7-14)23-22-16-9-8-13(21-12(2)26)10-15(16)19(27)28/h3-10H,20H2,1-2H3,(H,21,26)(H,27,28). The summed E-state index contributed by atoms with van der Waals surface area (Å²) in [6.07, 6.45) is 0. The molecule has 28 heavy (non-hydrogen) atoms. The topological polar surface area (TPSA) is 135 Å². The van der Waals surface area contributed by atoms with E-state index in [0.717, 1.165) is 5.69 Å². The average Bonchev–Trinajstić information content (AvgIpc) is 2.94. The lowest BCUT2D eigenvalue weighted by Crippen LogP contribution is -2.07. The van der Waals surface area contributed by atoms with Crippen LogP contribution in [0.2, 0.25) is 0 Å². The zero-order valence-corrected chi connectivity index (χ0v) is 15.2. The maximum atomic E-state index is 11.5. The number of amides is 1. The molecule has 9 nitrogen and oxygen atoms in total. The lowest BCUT2D eigenvalue weighted by atomic mass is 10.1. The van der Waals surface area contributed by atoms with Crippen LogP contribution in [0.4, 0.5) is 22.9 Å². The molecule has 0 spiro atoms. The molecular formula is C19H18N6O3. The van der Waals surface area contributed by atoms with E-state index < -0.39 is 5.97 Å². The Hall–Kier alpha value is -4.01. The minimum Gasteiger partial charge on any atom is -0.478 e. The summed E-state index contributed by atoms with van der Waals surface area (Å²) in [4.78, 5) is 22.7. The molecular weight excluding hydrogens is 360 g/mol. The Morgan fingerprint density at radius 2 is 1.86 bits per heavy atom. The first-order valence-electron chi connectivity index (χ1n) is 8.34. The van der Waals surface area contributed by atoms with Gasteiger partial charge in [-0.3, -0.25) is 4.79 Å². The number of hydrogen-bond donors (Lipinski definition) is 3. The molecule has 4 N–H and O–H groups in total. The summed E-state index contributed by atoms with van der Waals surface area (Å²) >= 11 is 0. The van der Waals surface area contributed by atoms with Crippen molar-refractivity contribution in [3.8, 4) is 5.69 Å². The quantitative estimate of drug-likeness (QED) is 0.580. The van der Waals surface area contributed by atoms with Crippen LogP contribution in [0.1, 0.15) is 23.0 Å². The van der Waals surface area contributed by atoms with Gasteiger partial charge >= 0.3 is 5.97 Å². The number of para-hydroxylation sites is 1. The van der Waals surface area contributed by atoms with Crippen molar-refractivity contribution in [2.75, 3.05) is 11.1 Å². The Kier molecular flexibility index (Phi) is 5.16. The smallest absolute Gasteiger partial charge is 0.338 e. The number of nitrogen functional groups attached to an aromatic ring is 1. The Balaban J connectivity index is 1.97. The summed E-state index contributed by atoms with van der Waals surface area (Å²) in [6.45, 7) is 3.08. The molecule has 3 aromatic rings. The van der Waals surface area contributed by atoms with Gasteiger partial charge in [0.25, 0.3) is 0 Å². The number of benzene rings is 2. The summed E-state index contributed by atoms with van der Waals surface area (Å²) in [7, 11) is 0. The molecule has 1 heterocycles. The van der Waals surface area contributed by atoms with Crippen LogP contribution in [0, 0.1) is 6.92 Å². The number of carboxylic acid groups (broad SMARTS) is 1. The van der Waals surface area contributed by atoms with Gasteiger partial charge in [-0.05, 0) is 37.3 Å². The second-order valence-corrected chi connectivity index (χ2v) is 5.98. The van der Waals surface area contributed by atoms with E-state index in [1.807, 2.05) is 30.3 Å². The molecule has 0 atom stereocenters. The van der Waals surface area contributed by atoms with Gasteiger partial charge in [-0.2, -0.15) is 5.10 Å². The van der Waals surface area contributed by atoms with Gasteiger partial charge in [0.1, 0.15) is 5.69 Å². The fourth-order valence-electron chi connectivity index (χ4n) is 2.61. The fourth-order valence-corrected chi connectivity index (χ4v) is 2.61. The summed E-state index contributed by atoms with van der Waals surface area (Å²) in [5.74, 6) is -1.20. The van der Waals surface area contributed by atoms with E-state index in [1.54, 1.807) is 17.7 Å². The second kappa shape index (κ2) is 7.70. The number of hydrogen-bond acceptors (Lipinski definition) is 6. The van der Waals surface area contributed by atoms with Crippen LogP contribution in [0.3, 0.4) is 0 Å². The molecule has 2 aromatic carbocycles. The summed E-state index contributed by atoms with van der Waals surface area (Å²) in [5, 5.41) is 24.5. The molecule has 0 aliphatic carbocycles. The van der Waals surface area contributed by atoms with Gasteiger partial charge in [0.15, 0.2) is 11.5 Å². The minimum atomic E-state index is -1.19. The number of aryl methyl sites for hydroxylation is 1. The fraction of sp³-hybridized carbons (Fsp3) is 0.105. The normalized spacial score (nSPS) is 10.9. The number of nitrogens with one attached hydrogen (secondary N) is 1. The molecule has 0 aliphatic heterocycles. The van der Waals surface area contributed by atoms with Gasteiger partial charge in [-0.15, -0.1) is 10.2 Å². The van der Waals surface area contributed by atoms with Crippen molar-refractivity contribution in [3.63, 3.8) is 0 Å². The lowest BCUT2D eigenvalue weighted by molar-refractivity contribution is -0.114. The minimum absolute atomic E-state index is 0.0957. The first-order chi connectivity index (χ1) is 13.4. The molecule has 0 saturated carbocycles. The molecule has 3 rings (SSSR count). The van der Waals surface area contributed by atoms with Crippen molar-refractivity contribution in [3.05, 3.63) is 59.8 Å². The van der Waals surface area contributed by atoms with Gasteiger partial charge in [0.2, 0.25) is 5.91 Å². The van der Waals surface area contributed by atoms with Crippen molar-refractivity contribution in [2.24, 2.45) is 10.2 Å². The van der Waals surface area contributed by atoms with Crippen LogP contribution in [0.25, 0.3) is 5.69 Å². The van der Waals surface area contributed by atoms with Gasteiger partial charge < -0.3 is 16.2 Å². The van der Waals surface area contributed by atoms with Gasteiger partial charge in [-0.1, -0.05) is 18.2 Å². The first kappa shape index (κ1) is 18.8. The summed E-state index contributed by atoms with van der Waals surface area (Å²) in [5.41, 5.74) is 8.23. The predicted octanol–water partition coefficient (Wildman–Crippen LogP) is 3.83. The van der Waals surface area contributed by atoms with Crippen LogP contribution in [-0.2, 0) is 4.79 Å². The van der Waals surface area contributed by atoms with Crippen LogP contribution in [0.15, 0.2) is 58.8 Å². The number of azo groups is 1. The van der Waals surface area contributed by atoms with Crippen LogP contribution >= 0.6 is 0 Å². The largest absolute Gasteiger partial charge is 0.478 e. The number of aromatic nitrogens is 2. The highest BCUT2D eigenvalue weighted by molar-refractivity contribution is 5.96. The Bertz CT molecular complexity index is 1070. The summed E-state index contributed by atoms with van der Waals surface area (Å²) in [6, 6.07) is 13.7. The predicted molar refractivity (Wildman–Crippen MR) is 105 cm³/mol. The van der Waals surface area contributed by atoms with E-state index in [4.69, 9.17) is 5.73 Å². The third-order valence-electron chi connectivity index (χ3n) is 3.87. The molecule has 0 saturated heterocycles. The van der Waals surface area contributed by atoms with Crippen LogP contribution in [-0.4, -0.2) is 26.8 Å². The molecule has 0 unspecified atom stereocenters. The summed E-state index contributed by atoms with van der Waals surface area (Å²) < 4.78 is 1.54. The first-order valence-corrected chi connectivity index (χ1v) is 8.34. The van der Waals surface area contributed by atoms with Crippen molar-refractivity contribution < 1.29 is 14.7 Å². The molecule has 1 amide bonds.